The van der Waals surface area contributed by atoms with Gasteiger partial charge in [-0.25, -0.2) is 0 Å². The summed E-state index contributed by atoms with van der Waals surface area (Å²) in [6, 6.07) is 5.75. The molecular formula is C17H24ClN5. The average molecular weight is 334 g/mol. The van der Waals surface area contributed by atoms with Crippen LogP contribution in [0.1, 0.15) is 18.2 Å². The van der Waals surface area contributed by atoms with E-state index >= 15 is 0 Å². The lowest BCUT2D eigenvalue weighted by molar-refractivity contribution is 0.249. The number of aromatic nitrogens is 2. The summed E-state index contributed by atoms with van der Waals surface area (Å²) in [4.78, 5) is 4.82. The zero-order valence-corrected chi connectivity index (χ0v) is 14.6. The van der Waals surface area contributed by atoms with Crippen LogP contribution < -0.4 is 10.6 Å². The van der Waals surface area contributed by atoms with Gasteiger partial charge in [-0.1, -0.05) is 11.6 Å². The van der Waals surface area contributed by atoms with Crippen molar-refractivity contribution < 1.29 is 0 Å². The summed E-state index contributed by atoms with van der Waals surface area (Å²) < 4.78 is 2.06. The maximum atomic E-state index is 6.10. The third kappa shape index (κ3) is 3.46. The van der Waals surface area contributed by atoms with Crippen molar-refractivity contribution in [1.82, 2.24) is 14.7 Å². The first-order valence-corrected chi connectivity index (χ1v) is 8.50. The van der Waals surface area contributed by atoms with Crippen LogP contribution in [0.5, 0.6) is 0 Å². The molecular weight excluding hydrogens is 310 g/mol. The van der Waals surface area contributed by atoms with E-state index in [1.807, 2.05) is 24.4 Å². The van der Waals surface area contributed by atoms with Crippen molar-refractivity contribution in [2.45, 2.75) is 26.9 Å². The average Bonchev–Trinajstić information content (AvgIpc) is 2.89. The number of hydrogen-bond donors (Lipinski definition) is 1. The molecule has 0 unspecified atom stereocenters. The Morgan fingerprint density at radius 1 is 1.22 bits per heavy atom. The van der Waals surface area contributed by atoms with Gasteiger partial charge in [0.05, 0.1) is 17.6 Å². The maximum Gasteiger partial charge on any atom is 0.0601 e. The van der Waals surface area contributed by atoms with Crippen LogP contribution in [-0.2, 0) is 13.1 Å². The van der Waals surface area contributed by atoms with E-state index < -0.39 is 0 Å². The third-order valence-electron chi connectivity index (χ3n) is 4.60. The molecule has 0 spiro atoms. The van der Waals surface area contributed by atoms with Gasteiger partial charge < -0.3 is 10.6 Å². The Bertz CT molecular complexity index is 674. The molecule has 0 amide bonds. The molecule has 6 heteroatoms. The number of rotatable bonds is 4. The number of hydrogen-bond acceptors (Lipinski definition) is 4. The molecule has 0 aliphatic carbocycles. The van der Waals surface area contributed by atoms with E-state index in [2.05, 4.69) is 33.4 Å². The van der Waals surface area contributed by atoms with Crippen molar-refractivity contribution >= 4 is 23.0 Å². The molecule has 1 aromatic carbocycles. The van der Waals surface area contributed by atoms with E-state index in [0.29, 0.717) is 5.02 Å². The minimum Gasteiger partial charge on any atom is -0.397 e. The van der Waals surface area contributed by atoms with Gasteiger partial charge in [0.1, 0.15) is 0 Å². The van der Waals surface area contributed by atoms with E-state index in [4.69, 9.17) is 17.3 Å². The van der Waals surface area contributed by atoms with Gasteiger partial charge in [-0.3, -0.25) is 9.58 Å². The fourth-order valence-corrected chi connectivity index (χ4v) is 3.34. The van der Waals surface area contributed by atoms with E-state index in [-0.39, 0.29) is 0 Å². The van der Waals surface area contributed by atoms with E-state index in [0.717, 1.165) is 50.6 Å². The van der Waals surface area contributed by atoms with Gasteiger partial charge in [0, 0.05) is 55.5 Å². The van der Waals surface area contributed by atoms with Gasteiger partial charge in [-0.2, -0.15) is 5.10 Å². The molecule has 124 valence electrons. The standard InChI is InChI=1S/C17H24ClN5/c1-3-23-13(2)14(11-20-23)12-21-6-8-22(9-7-21)17-5-4-15(18)10-16(17)19/h4-5,10-11H,3,6-9,12,19H2,1-2H3. The number of halogens is 1. The maximum absolute atomic E-state index is 6.10. The molecule has 5 nitrogen and oxygen atoms in total. The molecule has 2 N–H and O–H groups in total. The molecule has 2 aromatic rings. The Hall–Kier alpha value is -1.72. The van der Waals surface area contributed by atoms with Crippen LogP contribution in [-0.4, -0.2) is 40.9 Å². The van der Waals surface area contributed by atoms with E-state index in [9.17, 15) is 0 Å². The molecule has 0 saturated carbocycles. The highest BCUT2D eigenvalue weighted by atomic mass is 35.5. The minimum absolute atomic E-state index is 0.688. The normalized spacial score (nSPS) is 16.0. The second kappa shape index (κ2) is 6.81. The number of piperazine rings is 1. The molecule has 1 aliphatic rings. The Labute approximate surface area is 142 Å². The lowest BCUT2D eigenvalue weighted by atomic mass is 10.2. The number of benzene rings is 1. The molecule has 0 bridgehead atoms. The van der Waals surface area contributed by atoms with Crippen molar-refractivity contribution in [2.75, 3.05) is 36.8 Å². The second-order valence-corrected chi connectivity index (χ2v) is 6.47. The molecule has 1 aromatic heterocycles. The quantitative estimate of drug-likeness (QED) is 0.874. The highest BCUT2D eigenvalue weighted by Gasteiger charge is 2.20. The minimum atomic E-state index is 0.688. The summed E-state index contributed by atoms with van der Waals surface area (Å²) in [6.45, 7) is 10.2. The smallest absolute Gasteiger partial charge is 0.0601 e. The highest BCUT2D eigenvalue weighted by Crippen LogP contribution is 2.27. The summed E-state index contributed by atoms with van der Waals surface area (Å²) in [5.41, 5.74) is 10.5. The summed E-state index contributed by atoms with van der Waals surface area (Å²) in [6.07, 6.45) is 2.00. The summed E-state index contributed by atoms with van der Waals surface area (Å²) in [5.74, 6) is 0. The number of nitrogen functional groups attached to an aromatic ring is 1. The van der Waals surface area contributed by atoms with Gasteiger partial charge >= 0.3 is 0 Å². The Balaban J connectivity index is 1.61. The Kier molecular flexibility index (Phi) is 4.78. The number of aryl methyl sites for hydroxylation is 1. The third-order valence-corrected chi connectivity index (χ3v) is 4.84. The van der Waals surface area contributed by atoms with Crippen molar-refractivity contribution in [3.8, 4) is 0 Å². The van der Waals surface area contributed by atoms with Crippen molar-refractivity contribution in [1.29, 1.82) is 0 Å². The SMILES string of the molecule is CCn1ncc(CN2CCN(c3ccc(Cl)cc3N)CC2)c1C. The zero-order valence-electron chi connectivity index (χ0n) is 13.8. The molecule has 3 rings (SSSR count). The van der Waals surface area contributed by atoms with Crippen LogP contribution in [0.3, 0.4) is 0 Å². The highest BCUT2D eigenvalue weighted by molar-refractivity contribution is 6.31. The topological polar surface area (TPSA) is 50.3 Å². The van der Waals surface area contributed by atoms with Gasteiger partial charge in [0.2, 0.25) is 0 Å². The van der Waals surface area contributed by atoms with Gasteiger partial charge in [-0.05, 0) is 32.0 Å². The van der Waals surface area contributed by atoms with Crippen molar-refractivity contribution in [3.63, 3.8) is 0 Å². The summed E-state index contributed by atoms with van der Waals surface area (Å²) in [5, 5.41) is 5.12. The van der Waals surface area contributed by atoms with E-state index in [1.54, 1.807) is 0 Å². The van der Waals surface area contributed by atoms with E-state index in [1.165, 1.54) is 11.3 Å². The van der Waals surface area contributed by atoms with Crippen LogP contribution in [0.4, 0.5) is 11.4 Å². The lowest BCUT2D eigenvalue weighted by Crippen LogP contribution is -2.46. The van der Waals surface area contributed by atoms with Crippen molar-refractivity contribution in [2.24, 2.45) is 0 Å². The Morgan fingerprint density at radius 2 is 1.96 bits per heavy atom. The zero-order chi connectivity index (χ0) is 16.4. The monoisotopic (exact) mass is 333 g/mol. The summed E-state index contributed by atoms with van der Waals surface area (Å²) >= 11 is 5.98. The molecule has 1 aliphatic heterocycles. The fourth-order valence-electron chi connectivity index (χ4n) is 3.16. The molecule has 0 radical (unpaired) electrons. The molecule has 23 heavy (non-hydrogen) atoms. The first-order chi connectivity index (χ1) is 11.1. The molecule has 1 fully saturated rings. The second-order valence-electron chi connectivity index (χ2n) is 6.04. The largest absolute Gasteiger partial charge is 0.397 e. The first kappa shape index (κ1) is 16.1. The number of anilines is 2. The van der Waals surface area contributed by atoms with Gasteiger partial charge in [0.25, 0.3) is 0 Å². The van der Waals surface area contributed by atoms with Crippen LogP contribution in [0, 0.1) is 6.92 Å². The van der Waals surface area contributed by atoms with Crippen LogP contribution in [0.25, 0.3) is 0 Å². The predicted molar refractivity (Wildman–Crippen MR) is 96.0 cm³/mol. The van der Waals surface area contributed by atoms with Crippen LogP contribution >= 0.6 is 11.6 Å². The van der Waals surface area contributed by atoms with Gasteiger partial charge in [0.15, 0.2) is 0 Å². The summed E-state index contributed by atoms with van der Waals surface area (Å²) in [7, 11) is 0. The lowest BCUT2D eigenvalue weighted by Gasteiger charge is -2.36. The fraction of sp³-hybridized carbons (Fsp3) is 0.471. The Morgan fingerprint density at radius 3 is 2.57 bits per heavy atom. The molecule has 0 atom stereocenters. The van der Waals surface area contributed by atoms with Crippen LogP contribution in [0.15, 0.2) is 24.4 Å². The number of nitrogens with two attached hydrogens (primary N) is 1. The van der Waals surface area contributed by atoms with Gasteiger partial charge in [-0.15, -0.1) is 0 Å². The molecule has 1 saturated heterocycles. The van der Waals surface area contributed by atoms with Crippen molar-refractivity contribution in [3.05, 3.63) is 40.7 Å². The predicted octanol–water partition coefficient (Wildman–Crippen LogP) is 2.77. The first-order valence-electron chi connectivity index (χ1n) is 8.12. The number of nitrogens with zero attached hydrogens (tertiary/aromatic N) is 4. The van der Waals surface area contributed by atoms with Crippen LogP contribution in [0.2, 0.25) is 5.02 Å². The molecule has 2 heterocycles.